The summed E-state index contributed by atoms with van der Waals surface area (Å²) in [6.07, 6.45) is 0.659. The van der Waals surface area contributed by atoms with E-state index in [4.69, 9.17) is 0 Å². The molecule has 1 N–H and O–H groups in total. The van der Waals surface area contributed by atoms with E-state index in [1.807, 2.05) is 64.1 Å². The van der Waals surface area contributed by atoms with Gasteiger partial charge in [0.15, 0.2) is 0 Å². The minimum Gasteiger partial charge on any atom is -0.349 e. The van der Waals surface area contributed by atoms with Gasteiger partial charge in [0.2, 0.25) is 11.8 Å². The van der Waals surface area contributed by atoms with Gasteiger partial charge >= 0.3 is 0 Å². The number of rotatable bonds is 8. The highest BCUT2D eigenvalue weighted by atomic mass is 19.1. The number of halogens is 1. The largest absolute Gasteiger partial charge is 0.349 e. The van der Waals surface area contributed by atoms with Crippen molar-refractivity contribution in [2.45, 2.75) is 52.2 Å². The van der Waals surface area contributed by atoms with Gasteiger partial charge < -0.3 is 5.32 Å². The average Bonchev–Trinajstić information content (AvgIpc) is 3.26. The Bertz CT molecular complexity index is 1400. The van der Waals surface area contributed by atoms with Crippen LogP contribution in [0.1, 0.15) is 44.4 Å². The Balaban J connectivity index is 1.85. The topological polar surface area (TPSA) is 80.1 Å². The molecule has 8 heteroatoms. The van der Waals surface area contributed by atoms with Gasteiger partial charge in [0, 0.05) is 16.8 Å². The Kier molecular flexibility index (Phi) is 7.15. The predicted octanol–water partition coefficient (Wildman–Crippen LogP) is 4.96. The minimum atomic E-state index is -1.24. The third-order valence-corrected chi connectivity index (χ3v) is 6.40. The van der Waals surface area contributed by atoms with Crippen LogP contribution in [0.5, 0.6) is 0 Å². The minimum absolute atomic E-state index is 0.113. The molecule has 1 heterocycles. The summed E-state index contributed by atoms with van der Waals surface area (Å²) in [5, 5.41) is 11.3. The molecule has 0 unspecified atom stereocenters. The highest BCUT2D eigenvalue weighted by Crippen LogP contribution is 2.32. The summed E-state index contributed by atoms with van der Waals surface area (Å²) in [6, 6.07) is 19.4. The number of amides is 2. The Hall–Kier alpha value is -4.07. The highest BCUT2D eigenvalue weighted by molar-refractivity contribution is 6.02. The molecule has 0 saturated heterocycles. The summed E-state index contributed by atoms with van der Waals surface area (Å²) in [5.41, 5.74) is 2.20. The van der Waals surface area contributed by atoms with Crippen LogP contribution in [-0.2, 0) is 16.1 Å². The molecule has 0 fully saturated rings. The second kappa shape index (κ2) is 10.3. The zero-order valence-corrected chi connectivity index (χ0v) is 20.9. The number of nitrogens with one attached hydrogen (secondary N) is 1. The summed E-state index contributed by atoms with van der Waals surface area (Å²) in [4.78, 5) is 29.2. The molecule has 0 saturated carbocycles. The van der Waals surface area contributed by atoms with Crippen molar-refractivity contribution < 1.29 is 14.0 Å². The van der Waals surface area contributed by atoms with Crippen molar-refractivity contribution in [1.82, 2.24) is 20.3 Å². The van der Waals surface area contributed by atoms with Crippen LogP contribution in [0, 0.1) is 12.7 Å². The lowest BCUT2D eigenvalue weighted by molar-refractivity contribution is -0.128. The number of carbonyl (C=O) groups excluding carboxylic acids is 2. The van der Waals surface area contributed by atoms with E-state index in [1.165, 1.54) is 15.6 Å². The summed E-state index contributed by atoms with van der Waals surface area (Å²) < 4.78 is 16.7. The van der Waals surface area contributed by atoms with E-state index in [9.17, 15) is 9.59 Å². The Morgan fingerprint density at radius 2 is 1.69 bits per heavy atom. The number of hydrogen-bond donors (Lipinski definition) is 1. The Morgan fingerprint density at radius 3 is 2.42 bits per heavy atom. The summed E-state index contributed by atoms with van der Waals surface area (Å²) in [7, 11) is 0. The zero-order chi connectivity index (χ0) is 25.9. The normalized spacial score (nSPS) is 12.4. The van der Waals surface area contributed by atoms with E-state index < -0.39 is 29.2 Å². The van der Waals surface area contributed by atoms with Crippen molar-refractivity contribution in [3.05, 3.63) is 89.7 Å². The van der Waals surface area contributed by atoms with Crippen LogP contribution in [0.3, 0.4) is 0 Å². The molecule has 36 heavy (non-hydrogen) atoms. The Labute approximate surface area is 209 Å². The molecule has 0 aliphatic heterocycles. The van der Waals surface area contributed by atoms with Gasteiger partial charge in [0.1, 0.15) is 23.9 Å². The van der Waals surface area contributed by atoms with E-state index in [0.717, 1.165) is 5.56 Å². The molecule has 0 spiro atoms. The van der Waals surface area contributed by atoms with Crippen LogP contribution in [-0.4, -0.2) is 32.3 Å². The van der Waals surface area contributed by atoms with Crippen molar-refractivity contribution in [1.29, 1.82) is 0 Å². The second-order valence-corrected chi connectivity index (χ2v) is 9.44. The molecule has 3 aromatic carbocycles. The first-order chi connectivity index (χ1) is 17.2. The van der Waals surface area contributed by atoms with Crippen LogP contribution in [0.25, 0.3) is 11.0 Å². The first-order valence-electron chi connectivity index (χ1n) is 11.9. The van der Waals surface area contributed by atoms with Crippen LogP contribution in [0.4, 0.5) is 10.1 Å². The average molecular weight is 488 g/mol. The van der Waals surface area contributed by atoms with E-state index in [0.29, 0.717) is 23.1 Å². The molecule has 0 bridgehead atoms. The van der Waals surface area contributed by atoms with Crippen LogP contribution < -0.4 is 10.2 Å². The van der Waals surface area contributed by atoms with E-state index in [2.05, 4.69) is 15.6 Å². The molecular formula is C28H30FN5O2. The number of fused-ring (bicyclic) bond motifs is 1. The van der Waals surface area contributed by atoms with Gasteiger partial charge in [0.05, 0.1) is 5.52 Å². The second-order valence-electron chi connectivity index (χ2n) is 9.44. The molecule has 2 amide bonds. The summed E-state index contributed by atoms with van der Waals surface area (Å²) >= 11 is 0. The molecular weight excluding hydrogens is 457 g/mol. The van der Waals surface area contributed by atoms with Gasteiger partial charge in [-0.05, 0) is 57.0 Å². The summed E-state index contributed by atoms with van der Waals surface area (Å²) in [6.45, 7) is 7.42. The van der Waals surface area contributed by atoms with Gasteiger partial charge in [-0.25, -0.2) is 9.07 Å². The first-order valence-corrected chi connectivity index (χ1v) is 11.9. The van der Waals surface area contributed by atoms with Crippen LogP contribution >= 0.6 is 0 Å². The maximum atomic E-state index is 15.2. The molecule has 4 aromatic rings. The van der Waals surface area contributed by atoms with Crippen molar-refractivity contribution in [2.24, 2.45) is 0 Å². The van der Waals surface area contributed by atoms with Gasteiger partial charge in [-0.3, -0.25) is 14.5 Å². The lowest BCUT2D eigenvalue weighted by Gasteiger charge is -2.35. The van der Waals surface area contributed by atoms with Crippen LogP contribution in [0.15, 0.2) is 72.8 Å². The lowest BCUT2D eigenvalue weighted by atomic mass is 9.97. The van der Waals surface area contributed by atoms with Crippen molar-refractivity contribution >= 4 is 28.5 Å². The molecule has 0 aliphatic rings. The smallest absolute Gasteiger partial charge is 0.249 e. The molecule has 7 nitrogen and oxygen atoms in total. The quantitative estimate of drug-likeness (QED) is 0.381. The number of anilines is 1. The summed E-state index contributed by atoms with van der Waals surface area (Å²) in [5.74, 6) is -1.45. The highest BCUT2D eigenvalue weighted by Gasteiger charge is 2.37. The first kappa shape index (κ1) is 25.0. The van der Waals surface area contributed by atoms with Gasteiger partial charge in [-0.15, -0.1) is 5.10 Å². The van der Waals surface area contributed by atoms with Crippen molar-refractivity contribution in [3.8, 4) is 0 Å². The fourth-order valence-electron chi connectivity index (χ4n) is 4.07. The van der Waals surface area contributed by atoms with E-state index in [-0.39, 0.29) is 12.1 Å². The number of para-hydroxylation sites is 2. The molecule has 0 radical (unpaired) electrons. The van der Waals surface area contributed by atoms with Gasteiger partial charge in [0.25, 0.3) is 0 Å². The molecule has 0 aliphatic carbocycles. The molecule has 186 valence electrons. The van der Waals surface area contributed by atoms with Crippen molar-refractivity contribution in [3.63, 3.8) is 0 Å². The lowest BCUT2D eigenvalue weighted by Crippen LogP contribution is -2.51. The number of aromatic nitrogens is 3. The molecule has 1 aromatic heterocycles. The van der Waals surface area contributed by atoms with Gasteiger partial charge in [-0.1, -0.05) is 60.7 Å². The van der Waals surface area contributed by atoms with E-state index in [1.54, 1.807) is 30.3 Å². The Morgan fingerprint density at radius 1 is 1.03 bits per heavy atom. The number of nitrogens with zero attached hydrogens (tertiary/aromatic N) is 4. The third-order valence-electron chi connectivity index (χ3n) is 6.40. The molecule has 1 atom stereocenters. The fraction of sp³-hybridized carbons (Fsp3) is 0.286. The maximum absolute atomic E-state index is 15.2. The van der Waals surface area contributed by atoms with Gasteiger partial charge in [-0.2, -0.15) is 0 Å². The number of benzene rings is 3. The van der Waals surface area contributed by atoms with Crippen molar-refractivity contribution in [2.75, 3.05) is 4.90 Å². The number of carbonyl (C=O) groups is 2. The maximum Gasteiger partial charge on any atom is 0.249 e. The predicted molar refractivity (Wildman–Crippen MR) is 138 cm³/mol. The number of aryl methyl sites for hydroxylation is 1. The fourth-order valence-corrected chi connectivity index (χ4v) is 4.07. The monoisotopic (exact) mass is 487 g/mol. The zero-order valence-electron chi connectivity index (χ0n) is 20.9. The standard InChI is InChI=1S/C28H30FN5O2/c1-5-28(3,4)30-27(36)26(20-13-7-8-14-21(20)29)34(23-16-10-6-12-19(23)2)25(35)18-33-24-17-11-9-15-22(24)31-32-33/h6-17,26H,5,18H2,1-4H3,(H,30,36)/t26-/m0/s1. The SMILES string of the molecule is CCC(C)(C)NC(=O)[C@H](c1ccccc1F)N(C(=O)Cn1nnc2ccccc21)c1ccccc1C. The molecule has 4 rings (SSSR count). The van der Waals surface area contributed by atoms with E-state index >= 15 is 4.39 Å². The number of hydrogen-bond acceptors (Lipinski definition) is 4. The third kappa shape index (κ3) is 5.12. The van der Waals surface area contributed by atoms with Crippen LogP contribution in [0.2, 0.25) is 0 Å².